The minimum atomic E-state index is -0.342. The van der Waals surface area contributed by atoms with Crippen molar-refractivity contribution in [2.75, 3.05) is 13.2 Å². The molecule has 0 radical (unpaired) electrons. The van der Waals surface area contributed by atoms with Gasteiger partial charge < -0.3 is 9.47 Å². The summed E-state index contributed by atoms with van der Waals surface area (Å²) in [5, 5.41) is 0.861. The van der Waals surface area contributed by atoms with E-state index in [0.717, 1.165) is 15.2 Å². The molecule has 0 bridgehead atoms. The minimum absolute atomic E-state index is 0.210. The molecule has 0 unspecified atom stereocenters. The van der Waals surface area contributed by atoms with Gasteiger partial charge in [-0.3, -0.25) is 0 Å². The van der Waals surface area contributed by atoms with E-state index in [2.05, 4.69) is 20.9 Å². The Labute approximate surface area is 129 Å². The zero-order valence-electron chi connectivity index (χ0n) is 11.2. The standard InChI is InChI=1S/C14H14BrNO3S/c1-9-13(20-10(2)16-9)14(17)19-7-6-18-12-5-3-4-11(15)8-12/h3-5,8H,6-7H2,1-2H3. The fraction of sp³-hybridized carbons (Fsp3) is 0.286. The van der Waals surface area contributed by atoms with Crippen LogP contribution >= 0.6 is 27.3 Å². The first-order valence-electron chi connectivity index (χ1n) is 6.06. The van der Waals surface area contributed by atoms with Crippen molar-refractivity contribution in [3.05, 3.63) is 44.3 Å². The Morgan fingerprint density at radius 1 is 1.35 bits per heavy atom. The zero-order valence-corrected chi connectivity index (χ0v) is 13.6. The summed E-state index contributed by atoms with van der Waals surface area (Å²) in [5.74, 6) is 0.395. The van der Waals surface area contributed by atoms with E-state index >= 15 is 0 Å². The van der Waals surface area contributed by atoms with Crippen molar-refractivity contribution in [3.8, 4) is 5.75 Å². The second-order valence-corrected chi connectivity index (χ2v) is 6.21. The lowest BCUT2D eigenvalue weighted by atomic mass is 10.3. The summed E-state index contributed by atoms with van der Waals surface area (Å²) in [4.78, 5) is 16.6. The number of carbonyl (C=O) groups is 1. The summed E-state index contributed by atoms with van der Waals surface area (Å²) in [6, 6.07) is 7.51. The molecule has 0 aliphatic heterocycles. The van der Waals surface area contributed by atoms with Crippen molar-refractivity contribution in [3.63, 3.8) is 0 Å². The van der Waals surface area contributed by atoms with Crippen LogP contribution < -0.4 is 4.74 Å². The third-order valence-electron chi connectivity index (χ3n) is 2.47. The average molecular weight is 356 g/mol. The van der Waals surface area contributed by atoms with Crippen LogP contribution in [0.5, 0.6) is 5.75 Å². The number of aryl methyl sites for hydroxylation is 2. The molecule has 106 valence electrons. The molecule has 1 heterocycles. The summed E-state index contributed by atoms with van der Waals surface area (Å²) in [6.45, 7) is 4.20. The fourth-order valence-corrected chi connectivity index (χ4v) is 2.83. The van der Waals surface area contributed by atoms with Gasteiger partial charge in [-0.2, -0.15) is 0 Å². The Bertz CT molecular complexity index is 612. The number of thiazole rings is 1. The largest absolute Gasteiger partial charge is 0.490 e. The van der Waals surface area contributed by atoms with Gasteiger partial charge in [-0.1, -0.05) is 22.0 Å². The van der Waals surface area contributed by atoms with Gasteiger partial charge in [0.05, 0.1) is 10.7 Å². The van der Waals surface area contributed by atoms with Crippen molar-refractivity contribution in [1.82, 2.24) is 4.98 Å². The van der Waals surface area contributed by atoms with E-state index in [1.54, 1.807) is 6.92 Å². The minimum Gasteiger partial charge on any atom is -0.490 e. The predicted molar refractivity (Wildman–Crippen MR) is 81.5 cm³/mol. The number of rotatable bonds is 5. The molecular formula is C14H14BrNO3S. The van der Waals surface area contributed by atoms with Crippen LogP contribution in [0.3, 0.4) is 0 Å². The monoisotopic (exact) mass is 355 g/mol. The lowest BCUT2D eigenvalue weighted by molar-refractivity contribution is 0.0455. The van der Waals surface area contributed by atoms with Crippen molar-refractivity contribution >= 4 is 33.2 Å². The molecule has 0 saturated heterocycles. The van der Waals surface area contributed by atoms with E-state index in [9.17, 15) is 4.79 Å². The highest BCUT2D eigenvalue weighted by Crippen LogP contribution is 2.19. The van der Waals surface area contributed by atoms with E-state index in [4.69, 9.17) is 9.47 Å². The molecule has 0 atom stereocenters. The van der Waals surface area contributed by atoms with Crippen molar-refractivity contribution in [1.29, 1.82) is 0 Å². The number of benzene rings is 1. The zero-order chi connectivity index (χ0) is 14.5. The molecular weight excluding hydrogens is 342 g/mol. The van der Waals surface area contributed by atoms with E-state index in [1.165, 1.54) is 11.3 Å². The number of hydrogen-bond acceptors (Lipinski definition) is 5. The molecule has 2 aromatic rings. The van der Waals surface area contributed by atoms with Gasteiger partial charge in [0.15, 0.2) is 0 Å². The van der Waals surface area contributed by atoms with Gasteiger partial charge in [0.2, 0.25) is 0 Å². The van der Waals surface area contributed by atoms with Gasteiger partial charge in [-0.05, 0) is 32.0 Å². The second-order valence-electron chi connectivity index (χ2n) is 4.09. The number of esters is 1. The molecule has 0 aliphatic carbocycles. The molecule has 2 rings (SSSR count). The molecule has 0 N–H and O–H groups in total. The van der Waals surface area contributed by atoms with Crippen molar-refractivity contribution < 1.29 is 14.3 Å². The normalized spacial score (nSPS) is 10.3. The second kappa shape index (κ2) is 6.85. The average Bonchev–Trinajstić information content (AvgIpc) is 2.74. The van der Waals surface area contributed by atoms with E-state index in [1.807, 2.05) is 31.2 Å². The summed E-state index contributed by atoms with van der Waals surface area (Å²) >= 11 is 4.71. The first-order valence-corrected chi connectivity index (χ1v) is 7.67. The smallest absolute Gasteiger partial charge is 0.350 e. The van der Waals surface area contributed by atoms with E-state index in [-0.39, 0.29) is 12.6 Å². The molecule has 0 spiro atoms. The predicted octanol–water partition coefficient (Wildman–Crippen LogP) is 3.76. The molecule has 4 nitrogen and oxygen atoms in total. The van der Waals surface area contributed by atoms with Crippen LogP contribution in [-0.4, -0.2) is 24.2 Å². The quantitative estimate of drug-likeness (QED) is 0.605. The van der Waals surface area contributed by atoms with E-state index < -0.39 is 0 Å². The van der Waals surface area contributed by atoms with Crippen LogP contribution in [0.2, 0.25) is 0 Å². The number of hydrogen-bond donors (Lipinski definition) is 0. The fourth-order valence-electron chi connectivity index (χ4n) is 1.64. The summed E-state index contributed by atoms with van der Waals surface area (Å²) in [7, 11) is 0. The SMILES string of the molecule is Cc1nc(C)c(C(=O)OCCOc2cccc(Br)c2)s1. The van der Waals surface area contributed by atoms with Crippen LogP contribution in [0.25, 0.3) is 0 Å². The van der Waals surface area contributed by atoms with Gasteiger partial charge in [-0.25, -0.2) is 9.78 Å². The Kier molecular flexibility index (Phi) is 5.14. The first-order chi connectivity index (χ1) is 9.56. The number of ether oxygens (including phenoxy) is 2. The maximum absolute atomic E-state index is 11.8. The van der Waals surface area contributed by atoms with Gasteiger partial charge in [0.25, 0.3) is 0 Å². The number of halogens is 1. The Balaban J connectivity index is 1.79. The summed E-state index contributed by atoms with van der Waals surface area (Å²) < 4.78 is 11.6. The molecule has 6 heteroatoms. The van der Waals surface area contributed by atoms with E-state index in [0.29, 0.717) is 17.2 Å². The highest BCUT2D eigenvalue weighted by molar-refractivity contribution is 9.10. The van der Waals surface area contributed by atoms with Gasteiger partial charge in [-0.15, -0.1) is 11.3 Å². The van der Waals surface area contributed by atoms with Crippen molar-refractivity contribution in [2.24, 2.45) is 0 Å². The van der Waals surface area contributed by atoms with Crippen LogP contribution in [0, 0.1) is 13.8 Å². The highest BCUT2D eigenvalue weighted by Gasteiger charge is 2.14. The maximum Gasteiger partial charge on any atom is 0.350 e. The lowest BCUT2D eigenvalue weighted by Gasteiger charge is -2.07. The third-order valence-corrected chi connectivity index (χ3v) is 4.02. The van der Waals surface area contributed by atoms with Gasteiger partial charge in [0.1, 0.15) is 23.8 Å². The van der Waals surface area contributed by atoms with Gasteiger partial charge >= 0.3 is 5.97 Å². The number of nitrogens with zero attached hydrogens (tertiary/aromatic N) is 1. The summed E-state index contributed by atoms with van der Waals surface area (Å²) in [6.07, 6.45) is 0. The Hall–Kier alpha value is -1.40. The Morgan fingerprint density at radius 2 is 2.15 bits per heavy atom. The summed E-state index contributed by atoms with van der Waals surface area (Å²) in [5.41, 5.74) is 0.713. The molecule has 0 saturated carbocycles. The lowest BCUT2D eigenvalue weighted by Crippen LogP contribution is -2.12. The molecule has 0 aliphatic rings. The molecule has 0 fully saturated rings. The van der Waals surface area contributed by atoms with Crippen molar-refractivity contribution in [2.45, 2.75) is 13.8 Å². The van der Waals surface area contributed by atoms with Gasteiger partial charge in [0, 0.05) is 4.47 Å². The topological polar surface area (TPSA) is 48.4 Å². The Morgan fingerprint density at radius 3 is 2.80 bits per heavy atom. The number of aromatic nitrogens is 1. The van der Waals surface area contributed by atoms with Crippen LogP contribution in [-0.2, 0) is 4.74 Å². The molecule has 20 heavy (non-hydrogen) atoms. The first kappa shape index (κ1) is 15.0. The maximum atomic E-state index is 11.8. The van der Waals surface area contributed by atoms with Crippen LogP contribution in [0.4, 0.5) is 0 Å². The molecule has 1 aromatic carbocycles. The molecule has 0 amide bonds. The molecule has 1 aromatic heterocycles. The number of carbonyl (C=O) groups excluding carboxylic acids is 1. The van der Waals surface area contributed by atoms with Crippen LogP contribution in [0.1, 0.15) is 20.4 Å². The van der Waals surface area contributed by atoms with Crippen LogP contribution in [0.15, 0.2) is 28.7 Å². The highest BCUT2D eigenvalue weighted by atomic mass is 79.9. The third kappa shape index (κ3) is 4.05.